The maximum absolute atomic E-state index is 11.8. The van der Waals surface area contributed by atoms with Gasteiger partial charge in [0, 0.05) is 19.1 Å². The highest BCUT2D eigenvalue weighted by Crippen LogP contribution is 2.12. The molecule has 84 valence electrons. The largest absolute Gasteiger partial charge is 0.336 e. The van der Waals surface area contributed by atoms with Crippen molar-refractivity contribution in [3.8, 4) is 0 Å². The molecule has 1 aliphatic heterocycles. The molecule has 1 aromatic rings. The molecule has 1 fully saturated rings. The Balaban J connectivity index is 0.00000112. The highest BCUT2D eigenvalue weighted by Gasteiger charge is 2.26. The van der Waals surface area contributed by atoms with Crippen molar-refractivity contribution in [3.63, 3.8) is 0 Å². The van der Waals surface area contributed by atoms with Gasteiger partial charge in [0.25, 0.3) is 5.91 Å². The van der Waals surface area contributed by atoms with E-state index in [1.807, 2.05) is 11.9 Å². The van der Waals surface area contributed by atoms with Crippen molar-refractivity contribution in [2.75, 3.05) is 20.1 Å². The number of nitrogens with zero attached hydrogens (tertiary/aromatic N) is 3. The minimum atomic E-state index is -0.00324. The van der Waals surface area contributed by atoms with Crippen molar-refractivity contribution in [1.82, 2.24) is 19.0 Å². The fourth-order valence-electron chi connectivity index (χ4n) is 1.60. The number of nitrogens with one attached hydrogen (secondary N) is 1. The molecule has 0 saturated carbocycles. The zero-order chi connectivity index (χ0) is 9.97. The fourth-order valence-corrected chi connectivity index (χ4v) is 2.01. The van der Waals surface area contributed by atoms with Gasteiger partial charge in [-0.3, -0.25) is 4.79 Å². The van der Waals surface area contributed by atoms with Gasteiger partial charge in [0.2, 0.25) is 0 Å². The summed E-state index contributed by atoms with van der Waals surface area (Å²) in [5.41, 5.74) is 0.465. The van der Waals surface area contributed by atoms with Gasteiger partial charge in [0.05, 0.1) is 17.9 Å². The first kappa shape index (κ1) is 12.4. The number of likely N-dealkylation sites (N-methyl/N-ethyl adjacent to an activating group) is 1. The number of carbonyl (C=O) groups is 1. The van der Waals surface area contributed by atoms with Gasteiger partial charge in [-0.25, -0.2) is 0 Å². The van der Waals surface area contributed by atoms with E-state index in [2.05, 4.69) is 14.1 Å². The Labute approximate surface area is 98.6 Å². The van der Waals surface area contributed by atoms with E-state index in [-0.39, 0.29) is 18.3 Å². The van der Waals surface area contributed by atoms with Crippen LogP contribution in [0.5, 0.6) is 0 Å². The van der Waals surface area contributed by atoms with Gasteiger partial charge in [0.15, 0.2) is 5.69 Å². The Morgan fingerprint density at radius 1 is 1.73 bits per heavy atom. The van der Waals surface area contributed by atoms with Crippen LogP contribution in [0.1, 0.15) is 16.9 Å². The summed E-state index contributed by atoms with van der Waals surface area (Å²) >= 11 is 1.07. The Morgan fingerprint density at radius 3 is 3.07 bits per heavy atom. The summed E-state index contributed by atoms with van der Waals surface area (Å²) in [5, 5.41) is 3.17. The van der Waals surface area contributed by atoms with Gasteiger partial charge in [-0.1, -0.05) is 0 Å². The van der Waals surface area contributed by atoms with E-state index in [0.717, 1.165) is 31.2 Å². The van der Waals surface area contributed by atoms with Crippen molar-refractivity contribution >= 4 is 30.0 Å². The first-order valence-corrected chi connectivity index (χ1v) is 5.28. The van der Waals surface area contributed by atoms with E-state index in [4.69, 9.17) is 0 Å². The van der Waals surface area contributed by atoms with Crippen LogP contribution in [0.15, 0.2) is 6.20 Å². The zero-order valence-electron chi connectivity index (χ0n) is 8.34. The molecule has 1 aliphatic rings. The second-order valence-corrected chi connectivity index (χ2v) is 3.87. The predicted octanol–water partition coefficient (Wildman–Crippen LogP) is 0.394. The summed E-state index contributed by atoms with van der Waals surface area (Å²) in [4.78, 5) is 13.6. The van der Waals surface area contributed by atoms with Crippen molar-refractivity contribution in [1.29, 1.82) is 0 Å². The van der Waals surface area contributed by atoms with Crippen molar-refractivity contribution in [3.05, 3.63) is 11.9 Å². The molecule has 1 saturated heterocycles. The third-order valence-corrected chi connectivity index (χ3v) is 2.94. The van der Waals surface area contributed by atoms with Crippen LogP contribution in [0.3, 0.4) is 0 Å². The molecular formula is C8H13ClN4OS. The van der Waals surface area contributed by atoms with Crippen LogP contribution in [-0.2, 0) is 0 Å². The SMILES string of the molecule is CNC1CCN(C(=O)c2cnsn2)C1.Cl. The van der Waals surface area contributed by atoms with Crippen LogP contribution >= 0.6 is 24.1 Å². The number of hydrogen-bond donors (Lipinski definition) is 1. The molecule has 15 heavy (non-hydrogen) atoms. The smallest absolute Gasteiger partial charge is 0.275 e. The van der Waals surface area contributed by atoms with Crippen LogP contribution in [0.2, 0.25) is 0 Å². The van der Waals surface area contributed by atoms with Gasteiger partial charge in [-0.05, 0) is 13.5 Å². The lowest BCUT2D eigenvalue weighted by atomic mass is 10.3. The quantitative estimate of drug-likeness (QED) is 0.823. The van der Waals surface area contributed by atoms with Crippen LogP contribution in [0, 0.1) is 0 Å². The van der Waals surface area contributed by atoms with Crippen molar-refractivity contribution in [2.24, 2.45) is 0 Å². The van der Waals surface area contributed by atoms with E-state index in [1.165, 1.54) is 6.20 Å². The topological polar surface area (TPSA) is 58.1 Å². The second-order valence-electron chi connectivity index (χ2n) is 3.32. The Morgan fingerprint density at radius 2 is 2.53 bits per heavy atom. The van der Waals surface area contributed by atoms with E-state index in [1.54, 1.807) is 0 Å². The zero-order valence-corrected chi connectivity index (χ0v) is 9.98. The van der Waals surface area contributed by atoms with Crippen LogP contribution in [-0.4, -0.2) is 45.7 Å². The molecule has 7 heteroatoms. The molecule has 0 aliphatic carbocycles. The molecule has 1 N–H and O–H groups in total. The molecule has 0 aromatic carbocycles. The summed E-state index contributed by atoms with van der Waals surface area (Å²) in [7, 11) is 1.92. The number of halogens is 1. The first-order chi connectivity index (χ1) is 6.81. The van der Waals surface area contributed by atoms with Gasteiger partial charge in [-0.2, -0.15) is 8.75 Å². The summed E-state index contributed by atoms with van der Waals surface area (Å²) in [5.74, 6) is -0.00324. The average molecular weight is 249 g/mol. The van der Waals surface area contributed by atoms with E-state index < -0.39 is 0 Å². The number of hydrogen-bond acceptors (Lipinski definition) is 5. The van der Waals surface area contributed by atoms with Gasteiger partial charge >= 0.3 is 0 Å². The lowest BCUT2D eigenvalue weighted by Crippen LogP contribution is -2.33. The molecule has 0 spiro atoms. The molecule has 1 amide bonds. The van der Waals surface area contributed by atoms with Crippen molar-refractivity contribution < 1.29 is 4.79 Å². The molecule has 0 radical (unpaired) electrons. The molecule has 0 bridgehead atoms. The standard InChI is InChI=1S/C8H12N4OS.ClH/c1-9-6-2-3-12(5-6)8(13)7-4-10-14-11-7;/h4,6,9H,2-3,5H2,1H3;1H. The lowest BCUT2D eigenvalue weighted by molar-refractivity contribution is 0.0785. The maximum atomic E-state index is 11.8. The van der Waals surface area contributed by atoms with Crippen LogP contribution in [0.25, 0.3) is 0 Å². The first-order valence-electron chi connectivity index (χ1n) is 4.55. The molecule has 1 aromatic heterocycles. The van der Waals surface area contributed by atoms with E-state index in [9.17, 15) is 4.79 Å². The minimum Gasteiger partial charge on any atom is -0.336 e. The fraction of sp³-hybridized carbons (Fsp3) is 0.625. The Hall–Kier alpha value is -0.720. The van der Waals surface area contributed by atoms with Crippen LogP contribution < -0.4 is 5.32 Å². The number of carbonyl (C=O) groups excluding carboxylic acids is 1. The summed E-state index contributed by atoms with van der Waals surface area (Å²) in [6, 6.07) is 0.422. The Bertz CT molecular complexity index is 318. The summed E-state index contributed by atoms with van der Waals surface area (Å²) < 4.78 is 7.75. The summed E-state index contributed by atoms with van der Waals surface area (Å²) in [6.45, 7) is 1.58. The Kier molecular flexibility index (Phi) is 4.44. The van der Waals surface area contributed by atoms with E-state index in [0.29, 0.717) is 11.7 Å². The molecule has 5 nitrogen and oxygen atoms in total. The van der Waals surface area contributed by atoms with Gasteiger partial charge in [0.1, 0.15) is 0 Å². The molecule has 2 heterocycles. The van der Waals surface area contributed by atoms with Gasteiger partial charge < -0.3 is 10.2 Å². The minimum absolute atomic E-state index is 0. The third kappa shape index (κ3) is 2.64. The van der Waals surface area contributed by atoms with Crippen molar-refractivity contribution in [2.45, 2.75) is 12.5 Å². The average Bonchev–Trinajstić information content (AvgIpc) is 2.88. The number of aromatic nitrogens is 2. The molecular weight excluding hydrogens is 236 g/mol. The highest BCUT2D eigenvalue weighted by atomic mass is 35.5. The number of rotatable bonds is 2. The maximum Gasteiger partial charge on any atom is 0.275 e. The monoisotopic (exact) mass is 248 g/mol. The van der Waals surface area contributed by atoms with Crippen LogP contribution in [0.4, 0.5) is 0 Å². The highest BCUT2D eigenvalue weighted by molar-refractivity contribution is 6.99. The second kappa shape index (κ2) is 5.39. The lowest BCUT2D eigenvalue weighted by Gasteiger charge is -2.14. The number of likely N-dealkylation sites (tertiary alicyclic amines) is 1. The predicted molar refractivity (Wildman–Crippen MR) is 60.5 cm³/mol. The summed E-state index contributed by atoms with van der Waals surface area (Å²) in [6.07, 6.45) is 2.54. The number of amides is 1. The third-order valence-electron chi connectivity index (χ3n) is 2.46. The normalized spacial score (nSPS) is 20.1. The molecule has 1 unspecified atom stereocenters. The van der Waals surface area contributed by atoms with E-state index >= 15 is 0 Å². The van der Waals surface area contributed by atoms with Gasteiger partial charge in [-0.15, -0.1) is 12.4 Å². The molecule has 1 atom stereocenters. The molecule has 2 rings (SSSR count).